The number of ether oxygens (including phenoxy) is 2. The second-order valence-corrected chi connectivity index (χ2v) is 5.88. The molecule has 6 heteroatoms. The minimum Gasteiger partial charge on any atom is -0.493 e. The molecule has 0 saturated heterocycles. The fraction of sp³-hybridized carbons (Fsp3) is 0.400. The van der Waals surface area contributed by atoms with Gasteiger partial charge in [-0.1, -0.05) is 0 Å². The lowest BCUT2D eigenvalue weighted by atomic mass is 10.2. The van der Waals surface area contributed by atoms with Crippen LogP contribution in [0.1, 0.15) is 29.5 Å². The Bertz CT molecular complexity index is 641. The number of thiazole rings is 1. The summed E-state index contributed by atoms with van der Waals surface area (Å²) in [6, 6.07) is 2.92. The van der Waals surface area contributed by atoms with Gasteiger partial charge < -0.3 is 14.8 Å². The second kappa shape index (κ2) is 5.89. The van der Waals surface area contributed by atoms with Gasteiger partial charge in [0.25, 0.3) is 0 Å². The summed E-state index contributed by atoms with van der Waals surface area (Å²) in [5.74, 6) is 1.16. The molecule has 1 aromatic carbocycles. The largest absolute Gasteiger partial charge is 0.493 e. The zero-order chi connectivity index (χ0) is 14.8. The van der Waals surface area contributed by atoms with Gasteiger partial charge in [0, 0.05) is 23.4 Å². The number of rotatable bonds is 6. The molecule has 1 saturated carbocycles. The maximum absolute atomic E-state index is 14.0. The van der Waals surface area contributed by atoms with Crippen LogP contribution < -0.4 is 14.8 Å². The van der Waals surface area contributed by atoms with E-state index in [1.165, 1.54) is 38.1 Å². The summed E-state index contributed by atoms with van der Waals surface area (Å²) in [5, 5.41) is 6.28. The monoisotopic (exact) mass is 308 g/mol. The molecule has 1 aliphatic rings. The molecule has 1 fully saturated rings. The summed E-state index contributed by atoms with van der Waals surface area (Å²) in [7, 11) is 3.01. The van der Waals surface area contributed by atoms with Crippen molar-refractivity contribution in [3.05, 3.63) is 34.0 Å². The first-order valence-electron chi connectivity index (χ1n) is 6.81. The number of nitrogens with zero attached hydrogens (tertiary/aromatic N) is 1. The van der Waals surface area contributed by atoms with Crippen molar-refractivity contribution >= 4 is 17.0 Å². The third-order valence-corrected chi connectivity index (χ3v) is 4.49. The van der Waals surface area contributed by atoms with E-state index in [4.69, 9.17) is 9.47 Å². The van der Waals surface area contributed by atoms with E-state index >= 15 is 0 Å². The van der Waals surface area contributed by atoms with E-state index in [-0.39, 0.29) is 5.82 Å². The highest BCUT2D eigenvalue weighted by Gasteiger charge is 2.26. The summed E-state index contributed by atoms with van der Waals surface area (Å²) in [6.45, 7) is 0.496. The number of halogens is 1. The second-order valence-electron chi connectivity index (χ2n) is 4.99. The minimum atomic E-state index is -0.370. The SMILES string of the molecule is COc1cc(F)c(NCc2csc(C3CC3)n2)cc1OC. The number of hydrogen-bond donors (Lipinski definition) is 1. The van der Waals surface area contributed by atoms with E-state index in [1.807, 2.05) is 5.38 Å². The summed E-state index contributed by atoms with van der Waals surface area (Å²) in [4.78, 5) is 4.57. The third-order valence-electron chi connectivity index (χ3n) is 3.43. The standard InChI is InChI=1S/C15H17FN2O2S/c1-19-13-5-11(16)12(6-14(13)20-2)17-7-10-8-21-15(18-10)9-3-4-9/h5-6,8-9,17H,3-4,7H2,1-2H3. The van der Waals surface area contributed by atoms with Gasteiger partial charge in [-0.2, -0.15) is 0 Å². The lowest BCUT2D eigenvalue weighted by Gasteiger charge is -2.12. The van der Waals surface area contributed by atoms with Crippen molar-refractivity contribution in [1.82, 2.24) is 4.98 Å². The summed E-state index contributed by atoms with van der Waals surface area (Å²) in [5.41, 5.74) is 1.32. The van der Waals surface area contributed by atoms with Gasteiger partial charge in [-0.3, -0.25) is 0 Å². The first kappa shape index (κ1) is 14.1. The Kier molecular flexibility index (Phi) is 3.96. The van der Waals surface area contributed by atoms with Gasteiger partial charge in [0.1, 0.15) is 5.82 Å². The summed E-state index contributed by atoms with van der Waals surface area (Å²) < 4.78 is 24.2. The van der Waals surface area contributed by atoms with E-state index in [0.717, 1.165) is 5.69 Å². The number of anilines is 1. The molecule has 112 valence electrons. The van der Waals surface area contributed by atoms with Crippen LogP contribution in [-0.2, 0) is 6.54 Å². The molecule has 21 heavy (non-hydrogen) atoms. The molecule has 3 rings (SSSR count). The lowest BCUT2D eigenvalue weighted by molar-refractivity contribution is 0.352. The average Bonchev–Trinajstić information content (AvgIpc) is 3.24. The van der Waals surface area contributed by atoms with Gasteiger partial charge in [0.05, 0.1) is 37.2 Å². The molecule has 1 aliphatic carbocycles. The Morgan fingerprint density at radius 1 is 1.29 bits per heavy atom. The average molecular weight is 308 g/mol. The first-order valence-corrected chi connectivity index (χ1v) is 7.69. The number of benzene rings is 1. The number of aromatic nitrogens is 1. The van der Waals surface area contributed by atoms with Crippen molar-refractivity contribution < 1.29 is 13.9 Å². The number of hydrogen-bond acceptors (Lipinski definition) is 5. The van der Waals surface area contributed by atoms with Gasteiger partial charge in [-0.15, -0.1) is 11.3 Å². The fourth-order valence-electron chi connectivity index (χ4n) is 2.10. The zero-order valence-electron chi connectivity index (χ0n) is 12.0. The molecule has 1 N–H and O–H groups in total. The zero-order valence-corrected chi connectivity index (χ0v) is 12.8. The summed E-state index contributed by atoms with van der Waals surface area (Å²) >= 11 is 1.68. The van der Waals surface area contributed by atoms with Crippen molar-refractivity contribution in [1.29, 1.82) is 0 Å². The van der Waals surface area contributed by atoms with Crippen LogP contribution in [0.2, 0.25) is 0 Å². The van der Waals surface area contributed by atoms with Crippen LogP contribution in [0.4, 0.5) is 10.1 Å². The summed E-state index contributed by atoms with van der Waals surface area (Å²) in [6.07, 6.45) is 2.48. The molecule has 0 amide bonds. The molecule has 0 radical (unpaired) electrons. The molecule has 4 nitrogen and oxygen atoms in total. The van der Waals surface area contributed by atoms with Gasteiger partial charge in [-0.05, 0) is 12.8 Å². The van der Waals surface area contributed by atoms with Gasteiger partial charge >= 0.3 is 0 Å². The predicted octanol–water partition coefficient (Wildman–Crippen LogP) is 3.79. The Morgan fingerprint density at radius 2 is 2.00 bits per heavy atom. The van der Waals surface area contributed by atoms with Crippen molar-refractivity contribution in [3.63, 3.8) is 0 Å². The van der Waals surface area contributed by atoms with Crippen molar-refractivity contribution in [2.75, 3.05) is 19.5 Å². The van der Waals surface area contributed by atoms with Crippen LogP contribution in [0, 0.1) is 5.82 Å². The lowest BCUT2D eigenvalue weighted by Crippen LogP contribution is -2.03. The highest BCUT2D eigenvalue weighted by molar-refractivity contribution is 7.09. The van der Waals surface area contributed by atoms with Crippen LogP contribution in [0.3, 0.4) is 0 Å². The van der Waals surface area contributed by atoms with Crippen molar-refractivity contribution in [2.24, 2.45) is 0 Å². The Hall–Kier alpha value is -1.82. The molecule has 0 bridgehead atoms. The fourth-order valence-corrected chi connectivity index (χ4v) is 3.09. The van der Waals surface area contributed by atoms with E-state index < -0.39 is 0 Å². The maximum atomic E-state index is 14.0. The first-order chi connectivity index (χ1) is 10.2. The van der Waals surface area contributed by atoms with Crippen LogP contribution in [-0.4, -0.2) is 19.2 Å². The molecule has 1 aromatic heterocycles. The van der Waals surface area contributed by atoms with Crippen LogP contribution >= 0.6 is 11.3 Å². The predicted molar refractivity (Wildman–Crippen MR) is 80.9 cm³/mol. The molecular weight excluding hydrogens is 291 g/mol. The van der Waals surface area contributed by atoms with Crippen molar-refractivity contribution in [2.45, 2.75) is 25.3 Å². The van der Waals surface area contributed by atoms with Gasteiger partial charge in [0.2, 0.25) is 0 Å². The van der Waals surface area contributed by atoms with Crippen LogP contribution in [0.15, 0.2) is 17.5 Å². The maximum Gasteiger partial charge on any atom is 0.163 e. The van der Waals surface area contributed by atoms with Gasteiger partial charge in [-0.25, -0.2) is 9.37 Å². The van der Waals surface area contributed by atoms with Crippen LogP contribution in [0.25, 0.3) is 0 Å². The quantitative estimate of drug-likeness (QED) is 0.882. The topological polar surface area (TPSA) is 43.4 Å². The third kappa shape index (κ3) is 3.10. The Labute approximate surface area is 126 Å². The van der Waals surface area contributed by atoms with E-state index in [2.05, 4.69) is 10.3 Å². The minimum absolute atomic E-state index is 0.370. The number of nitrogens with one attached hydrogen (secondary N) is 1. The van der Waals surface area contributed by atoms with E-state index in [0.29, 0.717) is 29.6 Å². The van der Waals surface area contributed by atoms with Gasteiger partial charge in [0.15, 0.2) is 11.5 Å². The van der Waals surface area contributed by atoms with E-state index in [9.17, 15) is 4.39 Å². The molecule has 0 atom stereocenters. The highest BCUT2D eigenvalue weighted by Crippen LogP contribution is 2.41. The highest BCUT2D eigenvalue weighted by atomic mass is 32.1. The smallest absolute Gasteiger partial charge is 0.163 e. The molecule has 0 aliphatic heterocycles. The molecule has 2 aromatic rings. The van der Waals surface area contributed by atoms with E-state index in [1.54, 1.807) is 17.4 Å². The Balaban J connectivity index is 1.71. The Morgan fingerprint density at radius 3 is 2.67 bits per heavy atom. The molecule has 1 heterocycles. The molecular formula is C15H17FN2O2S. The van der Waals surface area contributed by atoms with Crippen molar-refractivity contribution in [3.8, 4) is 11.5 Å². The normalized spacial score (nSPS) is 14.0. The molecule has 0 spiro atoms. The van der Waals surface area contributed by atoms with Crippen LogP contribution in [0.5, 0.6) is 11.5 Å². The molecule has 0 unspecified atom stereocenters. The number of methoxy groups -OCH3 is 2.